The van der Waals surface area contributed by atoms with Crippen LogP contribution in [0.1, 0.15) is 22.3 Å². The van der Waals surface area contributed by atoms with Crippen LogP contribution in [0.4, 0.5) is 5.69 Å². The smallest absolute Gasteiger partial charge is 0.338 e. The zero-order valence-corrected chi connectivity index (χ0v) is 9.87. The molecule has 0 fully saturated rings. The van der Waals surface area contributed by atoms with E-state index in [2.05, 4.69) is 16.6 Å². The first-order valence-electron chi connectivity index (χ1n) is 5.03. The Morgan fingerprint density at radius 3 is 2.68 bits per heavy atom. The molecule has 1 rings (SSSR count). The minimum atomic E-state index is -1.12. The third-order valence-electron chi connectivity index (χ3n) is 2.08. The number of hydrogen-bond acceptors (Lipinski definition) is 5. The highest BCUT2D eigenvalue weighted by molar-refractivity contribution is 5.90. The molecule has 0 unspecified atom stereocenters. The van der Waals surface area contributed by atoms with E-state index in [9.17, 15) is 19.7 Å². The number of nitrogens with zero attached hydrogens (tertiary/aromatic N) is 1. The zero-order valence-electron chi connectivity index (χ0n) is 9.87. The molecule has 0 aromatic heterocycles. The highest BCUT2D eigenvalue weighted by Gasteiger charge is 2.16. The standard InChI is InChI=1S/C12H9NO6/c1-19-12(16)9-6-5-8(3-2-4-11(14)15)10(7-9)13(17)18/h5-7H,4H2,1H3,(H,14,15). The van der Waals surface area contributed by atoms with Gasteiger partial charge in [-0.15, -0.1) is 0 Å². The van der Waals surface area contributed by atoms with Gasteiger partial charge in [0, 0.05) is 6.07 Å². The first-order chi connectivity index (χ1) is 8.95. The number of benzene rings is 1. The summed E-state index contributed by atoms with van der Waals surface area (Å²) >= 11 is 0. The molecule has 1 aromatic rings. The number of methoxy groups -OCH3 is 1. The highest BCUT2D eigenvalue weighted by Crippen LogP contribution is 2.20. The van der Waals surface area contributed by atoms with Crippen molar-refractivity contribution in [3.05, 3.63) is 39.4 Å². The Hall–Kier alpha value is -2.88. The molecule has 0 spiro atoms. The third-order valence-corrected chi connectivity index (χ3v) is 2.08. The number of esters is 1. The summed E-state index contributed by atoms with van der Waals surface area (Å²) in [6, 6.07) is 3.64. The van der Waals surface area contributed by atoms with Gasteiger partial charge >= 0.3 is 11.9 Å². The average Bonchev–Trinajstić information content (AvgIpc) is 2.37. The lowest BCUT2D eigenvalue weighted by Gasteiger charge is -2.00. The fourth-order valence-electron chi connectivity index (χ4n) is 1.25. The Morgan fingerprint density at radius 2 is 2.16 bits per heavy atom. The topological polar surface area (TPSA) is 107 Å². The van der Waals surface area contributed by atoms with E-state index in [0.29, 0.717) is 0 Å². The van der Waals surface area contributed by atoms with Crippen LogP contribution in [-0.4, -0.2) is 29.1 Å². The van der Waals surface area contributed by atoms with Gasteiger partial charge < -0.3 is 9.84 Å². The second kappa shape index (κ2) is 6.16. The first kappa shape index (κ1) is 14.2. The predicted molar refractivity (Wildman–Crippen MR) is 63.6 cm³/mol. The number of nitro groups is 1. The SMILES string of the molecule is COC(=O)c1ccc(C#CCC(=O)O)c([N+](=O)[O-])c1. The summed E-state index contributed by atoms with van der Waals surface area (Å²) in [6.45, 7) is 0. The zero-order chi connectivity index (χ0) is 14.4. The Kier molecular flexibility index (Phi) is 4.60. The molecule has 19 heavy (non-hydrogen) atoms. The number of carbonyl (C=O) groups is 2. The van der Waals surface area contributed by atoms with E-state index in [1.54, 1.807) is 0 Å². The number of rotatable bonds is 3. The van der Waals surface area contributed by atoms with Crippen LogP contribution in [0.2, 0.25) is 0 Å². The molecular weight excluding hydrogens is 254 g/mol. The molecule has 1 aromatic carbocycles. The molecule has 7 nitrogen and oxygen atoms in total. The summed E-state index contributed by atoms with van der Waals surface area (Å²) in [5.41, 5.74) is -0.308. The fraction of sp³-hybridized carbons (Fsp3) is 0.167. The Labute approximate surface area is 108 Å². The van der Waals surface area contributed by atoms with Crippen LogP contribution >= 0.6 is 0 Å². The van der Waals surface area contributed by atoms with E-state index in [0.717, 1.165) is 13.2 Å². The van der Waals surface area contributed by atoms with Gasteiger partial charge in [-0.3, -0.25) is 14.9 Å². The maximum atomic E-state index is 11.2. The number of nitro benzene ring substituents is 1. The van der Waals surface area contributed by atoms with Gasteiger partial charge in [-0.1, -0.05) is 11.8 Å². The lowest BCUT2D eigenvalue weighted by Crippen LogP contribution is -2.03. The number of carboxylic acids is 1. The second-order valence-electron chi connectivity index (χ2n) is 3.35. The van der Waals surface area contributed by atoms with Crippen molar-refractivity contribution in [3.8, 4) is 11.8 Å². The number of ether oxygens (including phenoxy) is 1. The molecule has 98 valence electrons. The van der Waals surface area contributed by atoms with Crippen molar-refractivity contribution in [2.75, 3.05) is 7.11 Å². The number of carbonyl (C=O) groups excluding carboxylic acids is 1. The molecule has 0 radical (unpaired) electrons. The van der Waals surface area contributed by atoms with Crippen molar-refractivity contribution in [1.29, 1.82) is 0 Å². The van der Waals surface area contributed by atoms with Gasteiger partial charge in [0.1, 0.15) is 12.0 Å². The minimum absolute atomic E-state index is 0.0259. The van der Waals surface area contributed by atoms with Gasteiger partial charge in [0.05, 0.1) is 17.6 Å². The van der Waals surface area contributed by atoms with E-state index in [4.69, 9.17) is 5.11 Å². The minimum Gasteiger partial charge on any atom is -0.481 e. The van der Waals surface area contributed by atoms with Gasteiger partial charge in [-0.2, -0.15) is 0 Å². The van der Waals surface area contributed by atoms with Gasteiger partial charge in [0.25, 0.3) is 5.69 Å². The van der Waals surface area contributed by atoms with Crippen LogP contribution in [0.25, 0.3) is 0 Å². The number of carboxylic acid groups (broad SMARTS) is 1. The Bertz CT molecular complexity index is 596. The van der Waals surface area contributed by atoms with E-state index in [-0.39, 0.29) is 16.8 Å². The highest BCUT2D eigenvalue weighted by atomic mass is 16.6. The molecule has 0 atom stereocenters. The summed E-state index contributed by atoms with van der Waals surface area (Å²) in [6.07, 6.45) is -0.421. The Balaban J connectivity index is 3.18. The van der Waals surface area contributed by atoms with Crippen molar-refractivity contribution in [2.45, 2.75) is 6.42 Å². The fourth-order valence-corrected chi connectivity index (χ4v) is 1.25. The molecule has 0 heterocycles. The van der Waals surface area contributed by atoms with Crippen molar-refractivity contribution >= 4 is 17.6 Å². The molecule has 0 aliphatic rings. The summed E-state index contributed by atoms with van der Waals surface area (Å²) in [4.78, 5) is 31.7. The van der Waals surface area contributed by atoms with Gasteiger partial charge in [-0.05, 0) is 12.1 Å². The van der Waals surface area contributed by atoms with Crippen LogP contribution in [0, 0.1) is 22.0 Å². The lowest BCUT2D eigenvalue weighted by atomic mass is 10.1. The molecule has 7 heteroatoms. The normalized spacial score (nSPS) is 9.11. The largest absolute Gasteiger partial charge is 0.481 e. The predicted octanol–water partition coefficient (Wildman–Crippen LogP) is 1.21. The summed E-state index contributed by atoms with van der Waals surface area (Å²) in [5.74, 6) is 2.85. The number of aliphatic carboxylic acids is 1. The quantitative estimate of drug-likeness (QED) is 0.380. The van der Waals surface area contributed by atoms with Crippen LogP contribution in [0.3, 0.4) is 0 Å². The molecule has 0 bridgehead atoms. The molecule has 0 aliphatic heterocycles. The van der Waals surface area contributed by atoms with Crippen molar-refractivity contribution in [1.82, 2.24) is 0 Å². The molecule has 1 N–H and O–H groups in total. The lowest BCUT2D eigenvalue weighted by molar-refractivity contribution is -0.385. The van der Waals surface area contributed by atoms with Crippen LogP contribution in [-0.2, 0) is 9.53 Å². The molecule has 0 saturated heterocycles. The van der Waals surface area contributed by atoms with E-state index >= 15 is 0 Å². The Morgan fingerprint density at radius 1 is 1.47 bits per heavy atom. The molecule has 0 saturated carbocycles. The monoisotopic (exact) mass is 263 g/mol. The van der Waals surface area contributed by atoms with Gasteiger partial charge in [-0.25, -0.2) is 4.79 Å². The van der Waals surface area contributed by atoms with E-state index in [1.807, 2.05) is 0 Å². The summed E-state index contributed by atoms with van der Waals surface area (Å²) in [5, 5.41) is 19.3. The van der Waals surface area contributed by atoms with Crippen LogP contribution in [0.5, 0.6) is 0 Å². The van der Waals surface area contributed by atoms with Gasteiger partial charge in [0.2, 0.25) is 0 Å². The molecular formula is C12H9NO6. The maximum Gasteiger partial charge on any atom is 0.338 e. The van der Waals surface area contributed by atoms with Gasteiger partial charge in [0.15, 0.2) is 0 Å². The number of hydrogen-bond donors (Lipinski definition) is 1. The van der Waals surface area contributed by atoms with E-state index < -0.39 is 23.3 Å². The summed E-state index contributed by atoms with van der Waals surface area (Å²) < 4.78 is 4.45. The van der Waals surface area contributed by atoms with Crippen LogP contribution < -0.4 is 0 Å². The third kappa shape index (κ3) is 3.81. The van der Waals surface area contributed by atoms with Crippen LogP contribution in [0.15, 0.2) is 18.2 Å². The summed E-state index contributed by atoms with van der Waals surface area (Å²) in [7, 11) is 1.16. The van der Waals surface area contributed by atoms with Crippen molar-refractivity contribution < 1.29 is 24.4 Å². The maximum absolute atomic E-state index is 11.2. The van der Waals surface area contributed by atoms with Crippen molar-refractivity contribution in [3.63, 3.8) is 0 Å². The van der Waals surface area contributed by atoms with Crippen molar-refractivity contribution in [2.24, 2.45) is 0 Å². The average molecular weight is 263 g/mol. The molecule has 0 amide bonds. The second-order valence-corrected chi connectivity index (χ2v) is 3.35. The van der Waals surface area contributed by atoms with E-state index in [1.165, 1.54) is 12.1 Å². The first-order valence-corrected chi connectivity index (χ1v) is 5.03. The molecule has 0 aliphatic carbocycles.